The number of aliphatic hydroxyl groups excluding tert-OH is 1. The summed E-state index contributed by atoms with van der Waals surface area (Å²) >= 11 is 1.64. The smallest absolute Gasteiger partial charge is 0.138 e. The van der Waals surface area contributed by atoms with Crippen molar-refractivity contribution in [3.05, 3.63) is 45.9 Å². The van der Waals surface area contributed by atoms with Crippen LogP contribution in [0.15, 0.2) is 30.6 Å². The van der Waals surface area contributed by atoms with Crippen LogP contribution in [0, 0.1) is 0 Å². The highest BCUT2D eigenvalue weighted by Crippen LogP contribution is 2.29. The molecule has 2 aromatic heterocycles. The maximum Gasteiger partial charge on any atom is 0.138 e. The van der Waals surface area contributed by atoms with Crippen LogP contribution >= 0.6 is 11.3 Å². The first kappa shape index (κ1) is 14.0. The number of ether oxygens (including phenoxy) is 1. The molecule has 2 aromatic rings. The van der Waals surface area contributed by atoms with E-state index in [0.717, 1.165) is 16.9 Å². The van der Waals surface area contributed by atoms with Gasteiger partial charge in [0, 0.05) is 21.5 Å². The van der Waals surface area contributed by atoms with Crippen LogP contribution in [-0.4, -0.2) is 16.2 Å². The first-order chi connectivity index (χ1) is 9.10. The van der Waals surface area contributed by atoms with E-state index in [1.54, 1.807) is 23.7 Å². The van der Waals surface area contributed by atoms with Crippen molar-refractivity contribution in [3.8, 4) is 5.75 Å². The Balaban J connectivity index is 2.20. The predicted octanol–water partition coefficient (Wildman–Crippen LogP) is 3.57. The third-order valence-corrected chi connectivity index (χ3v) is 4.00. The Bertz CT molecular complexity index is 536. The number of aliphatic hydroxyl groups is 1. The van der Waals surface area contributed by atoms with Gasteiger partial charge in [-0.3, -0.25) is 4.98 Å². The molecule has 0 saturated carbocycles. The molecule has 1 N–H and O–H groups in total. The number of pyridine rings is 1. The summed E-state index contributed by atoms with van der Waals surface area (Å²) in [4.78, 5) is 6.35. The summed E-state index contributed by atoms with van der Waals surface area (Å²) in [5, 5.41) is 10.4. The molecule has 0 aliphatic carbocycles. The van der Waals surface area contributed by atoms with E-state index in [0.29, 0.717) is 5.75 Å². The highest BCUT2D eigenvalue weighted by molar-refractivity contribution is 7.12. The van der Waals surface area contributed by atoms with Crippen molar-refractivity contribution in [2.24, 2.45) is 0 Å². The van der Waals surface area contributed by atoms with Crippen LogP contribution in [0.3, 0.4) is 0 Å². The molecule has 0 aliphatic rings. The quantitative estimate of drug-likeness (QED) is 0.908. The van der Waals surface area contributed by atoms with E-state index in [9.17, 15) is 5.11 Å². The van der Waals surface area contributed by atoms with Gasteiger partial charge in [0.25, 0.3) is 0 Å². The fraction of sp³-hybridized carbons (Fsp3) is 0.400. The van der Waals surface area contributed by atoms with Crippen LogP contribution in [0.4, 0.5) is 0 Å². The number of nitrogens with zero attached hydrogens (tertiary/aromatic N) is 1. The molecule has 19 heavy (non-hydrogen) atoms. The summed E-state index contributed by atoms with van der Waals surface area (Å²) < 4.78 is 5.60. The van der Waals surface area contributed by atoms with Crippen LogP contribution in [0.2, 0.25) is 0 Å². The second-order valence-electron chi connectivity index (χ2n) is 4.68. The van der Waals surface area contributed by atoms with Crippen molar-refractivity contribution in [2.75, 3.05) is 0 Å². The molecule has 0 spiro atoms. The van der Waals surface area contributed by atoms with Gasteiger partial charge in [0.15, 0.2) is 0 Å². The SMILES string of the molecule is CCc1ccc(C(O)c2cncc(OC(C)C)c2)s1. The highest BCUT2D eigenvalue weighted by atomic mass is 32.1. The zero-order chi connectivity index (χ0) is 13.8. The molecule has 3 nitrogen and oxygen atoms in total. The predicted molar refractivity (Wildman–Crippen MR) is 77.8 cm³/mol. The number of aromatic nitrogens is 1. The molecule has 0 saturated heterocycles. The molecule has 2 rings (SSSR count). The number of thiophene rings is 1. The number of hydrogen-bond donors (Lipinski definition) is 1. The molecule has 0 fully saturated rings. The Morgan fingerprint density at radius 3 is 2.74 bits per heavy atom. The highest BCUT2D eigenvalue weighted by Gasteiger charge is 2.14. The molecular formula is C15H19NO2S. The Hall–Kier alpha value is -1.39. The lowest BCUT2D eigenvalue weighted by molar-refractivity contribution is 0.219. The fourth-order valence-corrected chi connectivity index (χ4v) is 2.78. The molecule has 102 valence electrons. The maximum absolute atomic E-state index is 10.4. The van der Waals surface area contributed by atoms with E-state index in [4.69, 9.17) is 4.74 Å². The zero-order valence-electron chi connectivity index (χ0n) is 11.5. The summed E-state index contributed by atoms with van der Waals surface area (Å²) in [7, 11) is 0. The van der Waals surface area contributed by atoms with Crippen molar-refractivity contribution in [1.29, 1.82) is 0 Å². The van der Waals surface area contributed by atoms with Gasteiger partial charge in [-0.05, 0) is 38.5 Å². The lowest BCUT2D eigenvalue weighted by Gasteiger charge is -2.13. The lowest BCUT2D eigenvalue weighted by Crippen LogP contribution is -2.07. The van der Waals surface area contributed by atoms with Gasteiger partial charge in [-0.15, -0.1) is 11.3 Å². The summed E-state index contributed by atoms with van der Waals surface area (Å²) in [6.07, 6.45) is 3.81. The molecular weight excluding hydrogens is 258 g/mol. The van der Waals surface area contributed by atoms with Crippen LogP contribution in [0.5, 0.6) is 5.75 Å². The van der Waals surface area contributed by atoms with Gasteiger partial charge in [0.05, 0.1) is 12.3 Å². The van der Waals surface area contributed by atoms with Gasteiger partial charge in [-0.1, -0.05) is 6.92 Å². The van der Waals surface area contributed by atoms with Gasteiger partial charge in [0.2, 0.25) is 0 Å². The summed E-state index contributed by atoms with van der Waals surface area (Å²) in [6.45, 7) is 6.05. The van der Waals surface area contributed by atoms with Gasteiger partial charge in [-0.25, -0.2) is 0 Å². The summed E-state index contributed by atoms with van der Waals surface area (Å²) in [5.74, 6) is 0.693. The number of rotatable bonds is 5. The number of hydrogen-bond acceptors (Lipinski definition) is 4. The second-order valence-corrected chi connectivity index (χ2v) is 5.88. The molecule has 0 aliphatic heterocycles. The Morgan fingerprint density at radius 1 is 1.32 bits per heavy atom. The Labute approximate surface area is 117 Å². The molecule has 1 atom stereocenters. The average molecular weight is 277 g/mol. The minimum atomic E-state index is -0.631. The zero-order valence-corrected chi connectivity index (χ0v) is 12.3. The van der Waals surface area contributed by atoms with Crippen LogP contribution in [0.1, 0.15) is 42.2 Å². The van der Waals surface area contributed by atoms with Crippen LogP contribution in [-0.2, 0) is 6.42 Å². The molecule has 0 aromatic carbocycles. The normalized spacial score (nSPS) is 12.7. The summed E-state index contributed by atoms with van der Waals surface area (Å²) in [5.41, 5.74) is 0.766. The van der Waals surface area contributed by atoms with Crippen molar-refractivity contribution in [2.45, 2.75) is 39.4 Å². The van der Waals surface area contributed by atoms with E-state index < -0.39 is 6.10 Å². The topological polar surface area (TPSA) is 42.4 Å². The maximum atomic E-state index is 10.4. The molecule has 1 unspecified atom stereocenters. The number of aryl methyl sites for hydroxylation is 1. The molecule has 0 radical (unpaired) electrons. The minimum absolute atomic E-state index is 0.0997. The molecule has 4 heteroatoms. The second kappa shape index (κ2) is 6.17. The standard InChI is InChI=1S/C15H19NO2S/c1-4-13-5-6-14(19-13)15(17)11-7-12(9-16-8-11)18-10(2)3/h5-10,15,17H,4H2,1-3H3. The van der Waals surface area contributed by atoms with E-state index in [2.05, 4.69) is 18.0 Å². The largest absolute Gasteiger partial charge is 0.489 e. The summed E-state index contributed by atoms with van der Waals surface area (Å²) in [6, 6.07) is 5.89. The minimum Gasteiger partial charge on any atom is -0.489 e. The third kappa shape index (κ3) is 3.55. The van der Waals surface area contributed by atoms with Gasteiger partial charge in [-0.2, -0.15) is 0 Å². The molecule has 0 amide bonds. The Kier molecular flexibility index (Phi) is 4.56. The van der Waals surface area contributed by atoms with Crippen molar-refractivity contribution < 1.29 is 9.84 Å². The monoisotopic (exact) mass is 277 g/mol. The Morgan fingerprint density at radius 2 is 2.11 bits per heavy atom. The molecule has 0 bridgehead atoms. The lowest BCUT2D eigenvalue weighted by atomic mass is 10.1. The van der Waals surface area contributed by atoms with Crippen molar-refractivity contribution >= 4 is 11.3 Å². The van der Waals surface area contributed by atoms with Crippen LogP contribution < -0.4 is 4.74 Å². The average Bonchev–Trinajstić information content (AvgIpc) is 2.86. The third-order valence-electron chi connectivity index (χ3n) is 2.72. The fourth-order valence-electron chi connectivity index (χ4n) is 1.82. The van der Waals surface area contributed by atoms with E-state index in [1.807, 2.05) is 26.0 Å². The van der Waals surface area contributed by atoms with Gasteiger partial charge in [0.1, 0.15) is 11.9 Å². The first-order valence-corrected chi connectivity index (χ1v) is 7.30. The van der Waals surface area contributed by atoms with Crippen LogP contribution in [0.25, 0.3) is 0 Å². The van der Waals surface area contributed by atoms with E-state index >= 15 is 0 Å². The van der Waals surface area contributed by atoms with E-state index in [-0.39, 0.29) is 6.10 Å². The van der Waals surface area contributed by atoms with Crippen molar-refractivity contribution in [1.82, 2.24) is 4.98 Å². The first-order valence-electron chi connectivity index (χ1n) is 6.48. The van der Waals surface area contributed by atoms with E-state index in [1.165, 1.54) is 4.88 Å². The van der Waals surface area contributed by atoms with Crippen molar-refractivity contribution in [3.63, 3.8) is 0 Å². The van der Waals surface area contributed by atoms with Gasteiger partial charge >= 0.3 is 0 Å². The van der Waals surface area contributed by atoms with Gasteiger partial charge < -0.3 is 9.84 Å². The molecule has 2 heterocycles.